The van der Waals surface area contributed by atoms with Crippen LogP contribution < -0.4 is 5.56 Å². The van der Waals surface area contributed by atoms with Crippen LogP contribution in [0, 0.1) is 0 Å². The second-order valence-corrected chi connectivity index (χ2v) is 8.12. The second kappa shape index (κ2) is 6.95. The van der Waals surface area contributed by atoms with Crippen LogP contribution in [0.4, 0.5) is 0 Å². The van der Waals surface area contributed by atoms with Crippen LogP contribution in [0.5, 0.6) is 0 Å². The number of amides is 1. The van der Waals surface area contributed by atoms with E-state index >= 15 is 0 Å². The Morgan fingerprint density at radius 2 is 1.93 bits per heavy atom. The maximum Gasteiger partial charge on any atom is 0.257 e. The van der Waals surface area contributed by atoms with E-state index in [0.717, 1.165) is 16.5 Å². The van der Waals surface area contributed by atoms with Crippen molar-refractivity contribution in [3.63, 3.8) is 0 Å². The molecule has 6 nitrogen and oxygen atoms in total. The molecule has 1 N–H and O–H groups in total. The van der Waals surface area contributed by atoms with Gasteiger partial charge in [-0.2, -0.15) is 0 Å². The Morgan fingerprint density at radius 1 is 1.18 bits per heavy atom. The summed E-state index contributed by atoms with van der Waals surface area (Å²) in [6.07, 6.45) is 3.15. The van der Waals surface area contributed by atoms with E-state index in [-0.39, 0.29) is 16.9 Å². The van der Waals surface area contributed by atoms with Gasteiger partial charge < -0.3 is 19.0 Å². The molecule has 2 aromatic heterocycles. The van der Waals surface area contributed by atoms with Crippen molar-refractivity contribution in [3.05, 3.63) is 58.2 Å². The highest BCUT2D eigenvalue weighted by atomic mass is 16.5. The highest BCUT2D eigenvalue weighted by Gasteiger charge is 2.27. The molecule has 1 aliphatic rings. The number of nitrogens with zero attached hydrogens (tertiary/aromatic N) is 1. The normalized spacial score (nSPS) is 15.2. The lowest BCUT2D eigenvalue weighted by Crippen LogP contribution is -2.40. The standard InChI is InChI=1S/C22H24N2O4/c1-22(2,3)18-12-14(15-5-4-6-23-20(15)25)11-16-17(13-28-19(16)18)21(26)24-7-9-27-10-8-24/h4-6,11-13H,7-10H2,1-3H3,(H,23,25). The number of benzene rings is 1. The zero-order valence-electron chi connectivity index (χ0n) is 16.4. The van der Waals surface area contributed by atoms with Crippen molar-refractivity contribution in [2.45, 2.75) is 26.2 Å². The summed E-state index contributed by atoms with van der Waals surface area (Å²) in [4.78, 5) is 29.9. The Labute approximate surface area is 163 Å². The van der Waals surface area contributed by atoms with E-state index in [1.807, 2.05) is 12.1 Å². The summed E-state index contributed by atoms with van der Waals surface area (Å²) in [7, 11) is 0. The number of carbonyl (C=O) groups excluding carboxylic acids is 1. The van der Waals surface area contributed by atoms with Crippen LogP contribution in [0.25, 0.3) is 22.1 Å². The Bertz CT molecular complexity index is 1080. The number of nitrogens with one attached hydrogen (secondary N) is 1. The quantitative estimate of drug-likeness (QED) is 0.738. The Morgan fingerprint density at radius 3 is 2.61 bits per heavy atom. The molecule has 28 heavy (non-hydrogen) atoms. The summed E-state index contributed by atoms with van der Waals surface area (Å²) in [6, 6.07) is 7.45. The molecule has 1 amide bonds. The predicted octanol–water partition coefficient (Wildman–Crippen LogP) is 3.56. The van der Waals surface area contributed by atoms with Crippen LogP contribution in [0.1, 0.15) is 36.7 Å². The molecular formula is C22H24N2O4. The fraction of sp³-hybridized carbons (Fsp3) is 0.364. The number of aromatic amines is 1. The number of rotatable bonds is 2. The van der Waals surface area contributed by atoms with Crippen molar-refractivity contribution < 1.29 is 13.9 Å². The van der Waals surface area contributed by atoms with Gasteiger partial charge in [0.2, 0.25) is 0 Å². The molecular weight excluding hydrogens is 356 g/mol. The fourth-order valence-electron chi connectivity index (χ4n) is 3.60. The first-order chi connectivity index (χ1) is 13.4. The molecule has 146 valence electrons. The number of ether oxygens (including phenoxy) is 1. The minimum Gasteiger partial charge on any atom is -0.463 e. The van der Waals surface area contributed by atoms with Crippen LogP contribution in [0.2, 0.25) is 0 Å². The largest absolute Gasteiger partial charge is 0.463 e. The summed E-state index contributed by atoms with van der Waals surface area (Å²) < 4.78 is 11.2. The summed E-state index contributed by atoms with van der Waals surface area (Å²) in [6.45, 7) is 8.48. The van der Waals surface area contributed by atoms with Gasteiger partial charge in [-0.1, -0.05) is 20.8 Å². The number of fused-ring (bicyclic) bond motifs is 1. The topological polar surface area (TPSA) is 75.5 Å². The van der Waals surface area contributed by atoms with Crippen LogP contribution in [-0.4, -0.2) is 42.1 Å². The van der Waals surface area contributed by atoms with Gasteiger partial charge in [-0.15, -0.1) is 0 Å². The monoisotopic (exact) mass is 380 g/mol. The van der Waals surface area contributed by atoms with Gasteiger partial charge in [-0.3, -0.25) is 9.59 Å². The molecule has 1 saturated heterocycles. The smallest absolute Gasteiger partial charge is 0.257 e. The molecule has 0 radical (unpaired) electrons. The maximum absolute atomic E-state index is 13.1. The molecule has 1 fully saturated rings. The summed E-state index contributed by atoms with van der Waals surface area (Å²) in [5.41, 5.74) is 3.15. The predicted molar refractivity (Wildman–Crippen MR) is 108 cm³/mol. The highest BCUT2D eigenvalue weighted by molar-refractivity contribution is 6.07. The second-order valence-electron chi connectivity index (χ2n) is 8.12. The molecule has 0 atom stereocenters. The van der Waals surface area contributed by atoms with E-state index in [1.165, 1.54) is 6.26 Å². The van der Waals surface area contributed by atoms with Gasteiger partial charge >= 0.3 is 0 Å². The van der Waals surface area contributed by atoms with Gasteiger partial charge in [-0.25, -0.2) is 0 Å². The molecule has 0 saturated carbocycles. The molecule has 0 bridgehead atoms. The Kier molecular flexibility index (Phi) is 4.59. The van der Waals surface area contributed by atoms with Crippen molar-refractivity contribution in [3.8, 4) is 11.1 Å². The molecule has 1 aliphatic heterocycles. The number of carbonyl (C=O) groups is 1. The SMILES string of the molecule is CC(C)(C)c1cc(-c2ccc[nH]c2=O)cc2c(C(=O)N3CCOCC3)coc12. The number of furan rings is 1. The van der Waals surface area contributed by atoms with E-state index in [1.54, 1.807) is 23.2 Å². The minimum atomic E-state index is -0.215. The van der Waals surface area contributed by atoms with Crippen molar-refractivity contribution in [1.82, 2.24) is 9.88 Å². The third-order valence-corrected chi connectivity index (χ3v) is 5.14. The molecule has 1 aromatic carbocycles. The van der Waals surface area contributed by atoms with Crippen molar-refractivity contribution in [2.75, 3.05) is 26.3 Å². The summed E-state index contributed by atoms with van der Waals surface area (Å²) in [5, 5.41) is 0.738. The van der Waals surface area contributed by atoms with E-state index in [2.05, 4.69) is 25.8 Å². The van der Waals surface area contributed by atoms with Gasteiger partial charge in [0.05, 0.1) is 18.8 Å². The van der Waals surface area contributed by atoms with Crippen molar-refractivity contribution in [2.24, 2.45) is 0 Å². The van der Waals surface area contributed by atoms with E-state index in [9.17, 15) is 9.59 Å². The van der Waals surface area contributed by atoms with E-state index in [0.29, 0.717) is 43.0 Å². The third-order valence-electron chi connectivity index (χ3n) is 5.14. The first-order valence-electron chi connectivity index (χ1n) is 9.47. The zero-order chi connectivity index (χ0) is 19.9. The van der Waals surface area contributed by atoms with Crippen LogP contribution in [-0.2, 0) is 10.2 Å². The van der Waals surface area contributed by atoms with Crippen molar-refractivity contribution in [1.29, 1.82) is 0 Å². The van der Waals surface area contributed by atoms with Crippen LogP contribution >= 0.6 is 0 Å². The van der Waals surface area contributed by atoms with Crippen LogP contribution in [0.15, 0.2) is 45.9 Å². The lowest BCUT2D eigenvalue weighted by atomic mass is 9.84. The third kappa shape index (κ3) is 3.24. The Hall–Kier alpha value is -2.86. The van der Waals surface area contributed by atoms with Gasteiger partial charge in [-0.05, 0) is 35.2 Å². The summed E-state index contributed by atoms with van der Waals surface area (Å²) >= 11 is 0. The number of aromatic nitrogens is 1. The number of pyridine rings is 1. The first kappa shape index (κ1) is 18.5. The fourth-order valence-corrected chi connectivity index (χ4v) is 3.60. The van der Waals surface area contributed by atoms with Crippen molar-refractivity contribution >= 4 is 16.9 Å². The van der Waals surface area contributed by atoms with E-state index in [4.69, 9.17) is 9.15 Å². The molecule has 0 spiro atoms. The Balaban J connectivity index is 1.92. The van der Waals surface area contributed by atoms with Gasteiger partial charge in [0.1, 0.15) is 11.8 Å². The molecule has 4 rings (SSSR count). The van der Waals surface area contributed by atoms with Gasteiger partial charge in [0, 0.05) is 35.8 Å². The summed E-state index contributed by atoms with van der Waals surface area (Å²) in [5.74, 6) is -0.0685. The average Bonchev–Trinajstić information content (AvgIpc) is 3.10. The number of H-pyrrole nitrogens is 1. The molecule has 6 heteroatoms. The number of hydrogen-bond donors (Lipinski definition) is 1. The van der Waals surface area contributed by atoms with E-state index < -0.39 is 0 Å². The maximum atomic E-state index is 13.1. The lowest BCUT2D eigenvalue weighted by Gasteiger charge is -2.26. The minimum absolute atomic E-state index is 0.0685. The van der Waals surface area contributed by atoms with Gasteiger partial charge in [0.15, 0.2) is 0 Å². The molecule has 3 heterocycles. The lowest BCUT2D eigenvalue weighted by molar-refractivity contribution is 0.0303. The van der Waals surface area contributed by atoms with Gasteiger partial charge in [0.25, 0.3) is 11.5 Å². The molecule has 3 aromatic rings. The molecule has 0 aliphatic carbocycles. The number of hydrogen-bond acceptors (Lipinski definition) is 4. The number of morpholine rings is 1. The average molecular weight is 380 g/mol. The zero-order valence-corrected chi connectivity index (χ0v) is 16.4. The highest BCUT2D eigenvalue weighted by Crippen LogP contribution is 2.36. The first-order valence-corrected chi connectivity index (χ1v) is 9.47. The molecule has 0 unspecified atom stereocenters. The van der Waals surface area contributed by atoms with Crippen LogP contribution in [0.3, 0.4) is 0 Å².